The summed E-state index contributed by atoms with van der Waals surface area (Å²) < 4.78 is 9.43. The molecule has 306 valence electrons. The van der Waals surface area contributed by atoms with Crippen molar-refractivity contribution in [1.29, 1.82) is 5.26 Å². The van der Waals surface area contributed by atoms with Crippen molar-refractivity contribution in [3.05, 3.63) is 230 Å². The highest BCUT2D eigenvalue weighted by molar-refractivity contribution is 6.21. The predicted octanol–water partition coefficient (Wildman–Crippen LogP) is 15.6. The molecule has 10 aromatic carbocycles. The molecular formula is C61H37N5. The first-order chi connectivity index (χ1) is 32.7. The Labute approximate surface area is 379 Å². The fraction of sp³-hybridized carbons (Fsp3) is 0. The Bertz CT molecular complexity index is 4080. The van der Waals surface area contributed by atoms with E-state index in [-0.39, 0.29) is 0 Å². The van der Waals surface area contributed by atoms with Gasteiger partial charge in [0.05, 0.1) is 55.5 Å². The Kier molecular flexibility index (Phi) is 7.69. The maximum atomic E-state index is 11.7. The number of aromatic nitrogens is 4. The molecule has 0 bridgehead atoms. The Morgan fingerprint density at radius 1 is 0.258 bits per heavy atom. The zero-order chi connectivity index (χ0) is 43.5. The number of hydrogen-bond acceptors (Lipinski definition) is 1. The van der Waals surface area contributed by atoms with Crippen LogP contribution < -0.4 is 0 Å². The number of fused-ring (bicyclic) bond motifs is 12. The minimum Gasteiger partial charge on any atom is -0.309 e. The zero-order valence-corrected chi connectivity index (χ0v) is 35.6. The Hall–Kier alpha value is -9.11. The van der Waals surface area contributed by atoms with E-state index in [0.29, 0.717) is 5.56 Å². The Morgan fingerprint density at radius 2 is 0.561 bits per heavy atom. The lowest BCUT2D eigenvalue weighted by Gasteiger charge is -2.18. The largest absolute Gasteiger partial charge is 0.309 e. The quantitative estimate of drug-likeness (QED) is 0.170. The van der Waals surface area contributed by atoms with Gasteiger partial charge in [0.15, 0.2) is 0 Å². The van der Waals surface area contributed by atoms with E-state index in [4.69, 9.17) is 0 Å². The van der Waals surface area contributed by atoms with E-state index in [2.05, 4.69) is 249 Å². The van der Waals surface area contributed by atoms with Crippen molar-refractivity contribution < 1.29 is 0 Å². The lowest BCUT2D eigenvalue weighted by atomic mass is 10.00. The first-order valence-electron chi connectivity index (χ1n) is 22.4. The second-order valence-electron chi connectivity index (χ2n) is 17.2. The molecule has 14 rings (SSSR count). The summed E-state index contributed by atoms with van der Waals surface area (Å²) in [5.74, 6) is 0. The molecule has 0 saturated carbocycles. The molecular weight excluding hydrogens is 803 g/mol. The topological polar surface area (TPSA) is 43.5 Å². The molecule has 4 aromatic heterocycles. The number of hydrogen-bond donors (Lipinski definition) is 0. The monoisotopic (exact) mass is 839 g/mol. The van der Waals surface area contributed by atoms with Gasteiger partial charge in [0.25, 0.3) is 0 Å². The molecule has 0 aliphatic rings. The molecule has 5 nitrogen and oxygen atoms in total. The number of nitriles is 1. The summed E-state index contributed by atoms with van der Waals surface area (Å²) in [4.78, 5) is 0. The van der Waals surface area contributed by atoms with Crippen molar-refractivity contribution >= 4 is 87.2 Å². The van der Waals surface area contributed by atoms with Gasteiger partial charge in [0.2, 0.25) is 0 Å². The first-order valence-corrected chi connectivity index (χ1v) is 22.4. The molecule has 0 unspecified atom stereocenters. The van der Waals surface area contributed by atoms with E-state index < -0.39 is 0 Å². The van der Waals surface area contributed by atoms with Gasteiger partial charge in [-0.2, -0.15) is 5.26 Å². The van der Waals surface area contributed by atoms with Gasteiger partial charge in [-0.25, -0.2) is 0 Å². The molecule has 4 heterocycles. The van der Waals surface area contributed by atoms with Gasteiger partial charge in [0.1, 0.15) is 11.6 Å². The predicted molar refractivity (Wildman–Crippen MR) is 274 cm³/mol. The maximum Gasteiger partial charge on any atom is 0.104 e. The van der Waals surface area contributed by atoms with Crippen molar-refractivity contribution in [2.24, 2.45) is 0 Å². The van der Waals surface area contributed by atoms with E-state index in [1.54, 1.807) is 0 Å². The molecule has 14 aromatic rings. The van der Waals surface area contributed by atoms with Crippen molar-refractivity contribution in [3.63, 3.8) is 0 Å². The first kappa shape index (κ1) is 36.4. The van der Waals surface area contributed by atoms with Crippen molar-refractivity contribution in [1.82, 2.24) is 18.3 Å². The highest BCUT2D eigenvalue weighted by atomic mass is 15.0. The van der Waals surface area contributed by atoms with Crippen LogP contribution in [0.2, 0.25) is 0 Å². The van der Waals surface area contributed by atoms with Crippen LogP contribution >= 0.6 is 0 Å². The van der Waals surface area contributed by atoms with Gasteiger partial charge in [-0.1, -0.05) is 140 Å². The van der Waals surface area contributed by atoms with Gasteiger partial charge in [-0.05, 0) is 96.1 Å². The normalized spacial score (nSPS) is 11.9. The number of rotatable bonds is 5. The van der Waals surface area contributed by atoms with Crippen LogP contribution in [0.15, 0.2) is 224 Å². The molecule has 66 heavy (non-hydrogen) atoms. The SMILES string of the molecule is N#Cc1c(-n2c3ccccc3c3cc4c(cc32)c2ccccc2n4-c2ccccc2)cc(-c2ccccc2)cc1-n1c2ccccc2c2cc3c(cc21)c1ccccc1n3-c1ccccc1. The van der Waals surface area contributed by atoms with Gasteiger partial charge in [0, 0.05) is 54.5 Å². The van der Waals surface area contributed by atoms with E-state index in [1.807, 2.05) is 0 Å². The molecule has 0 N–H and O–H groups in total. The smallest absolute Gasteiger partial charge is 0.104 e. The maximum absolute atomic E-state index is 11.7. The fourth-order valence-corrected chi connectivity index (χ4v) is 11.0. The van der Waals surface area contributed by atoms with Crippen LogP contribution in [0.3, 0.4) is 0 Å². The molecule has 0 saturated heterocycles. The van der Waals surface area contributed by atoms with Crippen LogP contribution in [-0.2, 0) is 0 Å². The Morgan fingerprint density at radius 3 is 0.924 bits per heavy atom. The van der Waals surface area contributed by atoms with E-state index in [9.17, 15) is 5.26 Å². The summed E-state index contributed by atoms with van der Waals surface area (Å²) in [6.07, 6.45) is 0. The molecule has 0 spiro atoms. The molecule has 0 aliphatic carbocycles. The van der Waals surface area contributed by atoms with Gasteiger partial charge in [-0.3, -0.25) is 0 Å². The van der Waals surface area contributed by atoms with Crippen LogP contribution in [0.25, 0.3) is 121 Å². The highest BCUT2D eigenvalue weighted by Gasteiger charge is 2.25. The van der Waals surface area contributed by atoms with E-state index in [1.165, 1.54) is 10.8 Å². The fourth-order valence-electron chi connectivity index (χ4n) is 11.0. The van der Waals surface area contributed by atoms with Crippen LogP contribution in [0.4, 0.5) is 0 Å². The molecule has 0 amide bonds. The number of nitrogens with zero attached hydrogens (tertiary/aromatic N) is 5. The average molecular weight is 840 g/mol. The minimum absolute atomic E-state index is 0.596. The summed E-state index contributed by atoms with van der Waals surface area (Å²) in [6, 6.07) is 83.1. The van der Waals surface area contributed by atoms with Crippen molar-refractivity contribution in [2.45, 2.75) is 0 Å². The third-order valence-electron chi connectivity index (χ3n) is 13.8. The van der Waals surface area contributed by atoms with E-state index >= 15 is 0 Å². The number of benzene rings is 10. The van der Waals surface area contributed by atoms with Gasteiger partial charge < -0.3 is 18.3 Å². The summed E-state index contributed by atoms with van der Waals surface area (Å²) >= 11 is 0. The van der Waals surface area contributed by atoms with Crippen LogP contribution in [-0.4, -0.2) is 18.3 Å². The third kappa shape index (κ3) is 5.09. The Balaban J connectivity index is 1.12. The number of para-hydroxylation sites is 6. The highest BCUT2D eigenvalue weighted by Crippen LogP contribution is 2.44. The minimum atomic E-state index is 0.596. The average Bonchev–Trinajstić information content (AvgIpc) is 4.10. The van der Waals surface area contributed by atoms with Crippen LogP contribution in [0.5, 0.6) is 0 Å². The molecule has 5 heteroatoms. The lowest BCUT2D eigenvalue weighted by Crippen LogP contribution is -2.05. The summed E-state index contributed by atoms with van der Waals surface area (Å²) in [5.41, 5.74) is 15.4. The van der Waals surface area contributed by atoms with Crippen molar-refractivity contribution in [3.8, 4) is 39.9 Å². The molecule has 0 radical (unpaired) electrons. The van der Waals surface area contributed by atoms with Crippen LogP contribution in [0, 0.1) is 11.3 Å². The second-order valence-corrected chi connectivity index (χ2v) is 17.2. The standard InChI is InChI=1S/C61H37N5/c62-38-51-56(65-54-30-16-12-26-45(54)49-34-58-47(36-60(49)65)43-24-10-14-28-52(43)63(58)41-20-6-2-7-21-41)32-40(39-18-4-1-5-19-39)33-57(51)66-55-31-17-13-27-46(55)50-35-59-48(37-61(50)66)44-25-11-15-29-53(44)64(59)42-22-8-3-9-23-42/h1-37H. The molecule has 0 aliphatic heterocycles. The molecule has 0 atom stereocenters. The van der Waals surface area contributed by atoms with Crippen molar-refractivity contribution in [2.75, 3.05) is 0 Å². The van der Waals surface area contributed by atoms with E-state index in [0.717, 1.165) is 110 Å². The lowest BCUT2D eigenvalue weighted by molar-refractivity contribution is 1.12. The second kappa shape index (κ2) is 13.9. The summed E-state index contributed by atoms with van der Waals surface area (Å²) in [7, 11) is 0. The zero-order valence-electron chi connectivity index (χ0n) is 35.6. The summed E-state index contributed by atoms with van der Waals surface area (Å²) in [5, 5.41) is 20.9. The van der Waals surface area contributed by atoms with Gasteiger partial charge in [-0.15, -0.1) is 0 Å². The molecule has 0 fully saturated rings. The third-order valence-corrected chi connectivity index (χ3v) is 13.8. The van der Waals surface area contributed by atoms with Gasteiger partial charge >= 0.3 is 0 Å². The summed E-state index contributed by atoms with van der Waals surface area (Å²) in [6.45, 7) is 0. The van der Waals surface area contributed by atoms with Crippen LogP contribution in [0.1, 0.15) is 5.56 Å².